The number of thiophene rings is 1. The van der Waals surface area contributed by atoms with Crippen molar-refractivity contribution in [2.45, 2.75) is 47.1 Å². The lowest BCUT2D eigenvalue weighted by molar-refractivity contribution is 0.203. The molecule has 92 valence electrons. The van der Waals surface area contributed by atoms with Gasteiger partial charge in [-0.1, -0.05) is 40.7 Å². The summed E-state index contributed by atoms with van der Waals surface area (Å²) in [5, 5.41) is 5.76. The second kappa shape index (κ2) is 5.83. The van der Waals surface area contributed by atoms with E-state index in [1.807, 2.05) is 11.3 Å². The third-order valence-electron chi connectivity index (χ3n) is 3.47. The number of hydrogen-bond donors (Lipinski definition) is 1. The van der Waals surface area contributed by atoms with Gasteiger partial charge < -0.3 is 5.32 Å². The van der Waals surface area contributed by atoms with Gasteiger partial charge in [-0.3, -0.25) is 0 Å². The number of hydrogen-bond acceptors (Lipinski definition) is 2. The minimum Gasteiger partial charge on any atom is -0.314 e. The summed E-state index contributed by atoms with van der Waals surface area (Å²) in [7, 11) is 0. The van der Waals surface area contributed by atoms with Crippen molar-refractivity contribution in [2.24, 2.45) is 11.3 Å². The van der Waals surface area contributed by atoms with E-state index in [9.17, 15) is 0 Å². The molecule has 0 aromatic carbocycles. The van der Waals surface area contributed by atoms with E-state index in [0.29, 0.717) is 17.4 Å². The molecule has 0 aliphatic carbocycles. The second-order valence-corrected chi connectivity index (χ2v) is 6.63. The van der Waals surface area contributed by atoms with Crippen LogP contribution in [0.4, 0.5) is 0 Å². The van der Waals surface area contributed by atoms with Crippen LogP contribution in [0.2, 0.25) is 0 Å². The van der Waals surface area contributed by atoms with Gasteiger partial charge in [-0.15, -0.1) is 11.3 Å². The van der Waals surface area contributed by atoms with Crippen molar-refractivity contribution in [1.29, 1.82) is 0 Å². The highest BCUT2D eigenvalue weighted by Crippen LogP contribution is 2.32. The third-order valence-corrected chi connectivity index (χ3v) is 4.34. The molecule has 0 saturated carbocycles. The van der Waals surface area contributed by atoms with Crippen LogP contribution in [0.1, 0.15) is 39.5 Å². The van der Waals surface area contributed by atoms with Gasteiger partial charge >= 0.3 is 0 Å². The van der Waals surface area contributed by atoms with Crippen LogP contribution in [0, 0.1) is 11.3 Å². The van der Waals surface area contributed by atoms with Gasteiger partial charge in [-0.25, -0.2) is 0 Å². The molecule has 0 amide bonds. The Kier molecular flexibility index (Phi) is 5.00. The Balaban J connectivity index is 2.65. The third kappa shape index (κ3) is 3.91. The first-order valence-electron chi connectivity index (χ1n) is 6.20. The summed E-state index contributed by atoms with van der Waals surface area (Å²) in [6.45, 7) is 12.6. The average molecular weight is 239 g/mol. The molecule has 0 spiro atoms. The molecule has 1 unspecified atom stereocenters. The monoisotopic (exact) mass is 239 g/mol. The van der Waals surface area contributed by atoms with E-state index >= 15 is 0 Å². The summed E-state index contributed by atoms with van der Waals surface area (Å²) in [6.07, 6.45) is 1.18. The number of nitrogens with one attached hydrogen (secondary N) is 1. The molecular weight excluding hydrogens is 214 g/mol. The van der Waals surface area contributed by atoms with Crippen molar-refractivity contribution in [3.63, 3.8) is 0 Å². The highest BCUT2D eigenvalue weighted by Gasteiger charge is 2.28. The van der Waals surface area contributed by atoms with Gasteiger partial charge in [0, 0.05) is 17.5 Å². The van der Waals surface area contributed by atoms with Crippen molar-refractivity contribution in [1.82, 2.24) is 5.32 Å². The second-order valence-electron chi connectivity index (χ2n) is 5.60. The zero-order valence-electron chi connectivity index (χ0n) is 11.2. The first-order chi connectivity index (χ1) is 7.44. The fourth-order valence-corrected chi connectivity index (χ4v) is 2.62. The summed E-state index contributed by atoms with van der Waals surface area (Å²) in [6, 6.07) is 4.97. The Morgan fingerprint density at radius 3 is 2.44 bits per heavy atom. The first kappa shape index (κ1) is 13.7. The fraction of sp³-hybridized carbons (Fsp3) is 0.714. The summed E-state index contributed by atoms with van der Waals surface area (Å²) in [4.78, 5) is 1.50. The molecule has 1 heterocycles. The lowest BCUT2D eigenvalue weighted by Gasteiger charge is -2.34. The molecule has 0 aliphatic rings. The van der Waals surface area contributed by atoms with Gasteiger partial charge in [0.2, 0.25) is 0 Å². The van der Waals surface area contributed by atoms with Gasteiger partial charge in [0.1, 0.15) is 0 Å². The minimum atomic E-state index is 0.356. The van der Waals surface area contributed by atoms with Crippen LogP contribution < -0.4 is 5.32 Å². The zero-order valence-corrected chi connectivity index (χ0v) is 12.0. The summed E-state index contributed by atoms with van der Waals surface area (Å²) < 4.78 is 0. The van der Waals surface area contributed by atoms with Crippen LogP contribution in [0.15, 0.2) is 17.5 Å². The topological polar surface area (TPSA) is 12.0 Å². The Morgan fingerprint density at radius 2 is 2.00 bits per heavy atom. The minimum absolute atomic E-state index is 0.356. The lowest BCUT2D eigenvalue weighted by Crippen LogP contribution is -2.40. The Labute approximate surface area is 104 Å². The van der Waals surface area contributed by atoms with E-state index < -0.39 is 0 Å². The van der Waals surface area contributed by atoms with Crippen molar-refractivity contribution in [2.75, 3.05) is 6.54 Å². The molecule has 1 rings (SSSR count). The molecule has 0 aliphatic heterocycles. The lowest BCUT2D eigenvalue weighted by atomic mass is 9.75. The standard InChI is InChI=1S/C14H25NS/c1-11(2)14(5,10-15-12(3)4)9-13-7-6-8-16-13/h6-8,11-12,15H,9-10H2,1-5H3. The van der Waals surface area contributed by atoms with Gasteiger partial charge in [0.05, 0.1) is 0 Å². The molecule has 1 atom stereocenters. The van der Waals surface area contributed by atoms with E-state index in [1.54, 1.807) is 0 Å². The highest BCUT2D eigenvalue weighted by molar-refractivity contribution is 7.09. The van der Waals surface area contributed by atoms with Gasteiger partial charge in [0.25, 0.3) is 0 Å². The van der Waals surface area contributed by atoms with Gasteiger partial charge in [-0.2, -0.15) is 0 Å². The predicted molar refractivity (Wildman–Crippen MR) is 74.1 cm³/mol. The average Bonchev–Trinajstić information content (AvgIpc) is 2.67. The molecule has 0 bridgehead atoms. The Morgan fingerprint density at radius 1 is 1.31 bits per heavy atom. The zero-order chi connectivity index (χ0) is 12.2. The van der Waals surface area contributed by atoms with Crippen LogP contribution in [-0.2, 0) is 6.42 Å². The highest BCUT2D eigenvalue weighted by atomic mass is 32.1. The van der Waals surface area contributed by atoms with Crippen LogP contribution >= 0.6 is 11.3 Å². The quantitative estimate of drug-likeness (QED) is 0.792. The molecule has 0 saturated heterocycles. The maximum absolute atomic E-state index is 3.58. The van der Waals surface area contributed by atoms with E-state index in [0.717, 1.165) is 6.54 Å². The Bertz CT molecular complexity index is 290. The normalized spacial score (nSPS) is 15.7. The van der Waals surface area contributed by atoms with Gasteiger partial charge in [0.15, 0.2) is 0 Å². The van der Waals surface area contributed by atoms with Crippen molar-refractivity contribution < 1.29 is 0 Å². The van der Waals surface area contributed by atoms with E-state index in [2.05, 4.69) is 57.4 Å². The molecule has 0 fully saturated rings. The van der Waals surface area contributed by atoms with Crippen LogP contribution in [0.25, 0.3) is 0 Å². The van der Waals surface area contributed by atoms with Crippen molar-refractivity contribution in [3.8, 4) is 0 Å². The molecular formula is C14H25NS. The molecule has 1 aromatic rings. The number of rotatable bonds is 6. The summed E-state index contributed by atoms with van der Waals surface area (Å²) >= 11 is 1.87. The van der Waals surface area contributed by atoms with Crippen molar-refractivity contribution in [3.05, 3.63) is 22.4 Å². The molecule has 2 heteroatoms. The maximum Gasteiger partial charge on any atom is 0.00512 e. The molecule has 1 nitrogen and oxygen atoms in total. The molecule has 0 radical (unpaired) electrons. The van der Waals surface area contributed by atoms with E-state index in [4.69, 9.17) is 0 Å². The van der Waals surface area contributed by atoms with Gasteiger partial charge in [-0.05, 0) is 29.2 Å². The van der Waals surface area contributed by atoms with E-state index in [-0.39, 0.29) is 0 Å². The summed E-state index contributed by atoms with van der Waals surface area (Å²) in [5.74, 6) is 0.695. The van der Waals surface area contributed by atoms with Crippen LogP contribution in [0.3, 0.4) is 0 Å². The first-order valence-corrected chi connectivity index (χ1v) is 7.08. The fourth-order valence-electron chi connectivity index (χ4n) is 1.72. The van der Waals surface area contributed by atoms with Crippen LogP contribution in [-0.4, -0.2) is 12.6 Å². The van der Waals surface area contributed by atoms with Crippen LogP contribution in [0.5, 0.6) is 0 Å². The molecule has 16 heavy (non-hydrogen) atoms. The SMILES string of the molecule is CC(C)NCC(C)(Cc1cccs1)C(C)C. The maximum atomic E-state index is 3.58. The Hall–Kier alpha value is -0.340. The largest absolute Gasteiger partial charge is 0.314 e. The summed E-state index contributed by atoms with van der Waals surface area (Å²) in [5.41, 5.74) is 0.356. The molecule has 1 N–H and O–H groups in total. The van der Waals surface area contributed by atoms with E-state index in [1.165, 1.54) is 11.3 Å². The predicted octanol–water partition coefficient (Wildman–Crippen LogP) is 3.95. The molecule has 1 aromatic heterocycles. The van der Waals surface area contributed by atoms with Crippen molar-refractivity contribution >= 4 is 11.3 Å². The smallest absolute Gasteiger partial charge is 0.00512 e.